The van der Waals surface area contributed by atoms with Gasteiger partial charge in [-0.2, -0.15) is 0 Å². The Morgan fingerprint density at radius 2 is 1.22 bits per heavy atom. The topological polar surface area (TPSA) is 26.0 Å². The largest absolute Gasteiger partial charge is 0.322 e. The lowest BCUT2D eigenvalue weighted by atomic mass is 9.86. The molecule has 0 aliphatic rings. The predicted octanol–water partition coefficient (Wildman–Crippen LogP) is 4.19. The lowest BCUT2D eigenvalue weighted by Crippen LogP contribution is -2.29. The summed E-state index contributed by atoms with van der Waals surface area (Å²) >= 11 is 0. The van der Waals surface area contributed by atoms with Crippen molar-refractivity contribution >= 4 is 21.5 Å². The first kappa shape index (κ1) is 11.2. The van der Waals surface area contributed by atoms with E-state index < -0.39 is 0 Å². The van der Waals surface area contributed by atoms with Crippen LogP contribution in [0.15, 0.2) is 54.6 Å². The van der Waals surface area contributed by atoms with E-state index in [2.05, 4.69) is 68.4 Å². The first-order valence-corrected chi connectivity index (χ1v) is 6.27. The van der Waals surface area contributed by atoms with E-state index in [0.29, 0.717) is 0 Å². The third kappa shape index (κ3) is 1.68. The minimum absolute atomic E-state index is 0.347. The van der Waals surface area contributed by atoms with Crippen molar-refractivity contribution in [2.45, 2.75) is 19.4 Å². The normalized spacial score (nSPS) is 12.2. The quantitative estimate of drug-likeness (QED) is 0.629. The van der Waals surface area contributed by atoms with Gasteiger partial charge in [-0.15, -0.1) is 0 Å². The molecule has 0 unspecified atom stereocenters. The summed E-state index contributed by atoms with van der Waals surface area (Å²) in [4.78, 5) is 0. The van der Waals surface area contributed by atoms with Crippen LogP contribution >= 0.6 is 0 Å². The summed E-state index contributed by atoms with van der Waals surface area (Å²) in [6.07, 6.45) is 0. The molecule has 0 atom stereocenters. The van der Waals surface area contributed by atoms with Crippen LogP contribution < -0.4 is 5.73 Å². The van der Waals surface area contributed by atoms with Crippen LogP contribution in [-0.2, 0) is 5.54 Å². The summed E-state index contributed by atoms with van der Waals surface area (Å²) in [5.74, 6) is 0. The van der Waals surface area contributed by atoms with Crippen LogP contribution in [0.2, 0.25) is 0 Å². The fraction of sp³-hybridized carbons (Fsp3) is 0.176. The number of fused-ring (bicyclic) bond motifs is 2. The first-order chi connectivity index (χ1) is 8.57. The fourth-order valence-corrected chi connectivity index (χ4v) is 2.71. The number of hydrogen-bond donors (Lipinski definition) is 1. The van der Waals surface area contributed by atoms with E-state index >= 15 is 0 Å². The van der Waals surface area contributed by atoms with Crippen molar-refractivity contribution in [1.29, 1.82) is 0 Å². The van der Waals surface area contributed by atoms with E-state index in [4.69, 9.17) is 5.73 Å². The second-order valence-corrected chi connectivity index (χ2v) is 5.42. The standard InChI is InChI=1S/C17H17N/c1-17(2,18)16-14-9-5-3-7-12(14)11-13-8-4-6-10-15(13)16/h3-11H,18H2,1-2H3. The second kappa shape index (κ2) is 3.82. The minimum atomic E-state index is -0.347. The van der Waals surface area contributed by atoms with Crippen molar-refractivity contribution in [1.82, 2.24) is 0 Å². The van der Waals surface area contributed by atoms with Gasteiger partial charge in [0.2, 0.25) is 0 Å². The number of rotatable bonds is 1. The van der Waals surface area contributed by atoms with Gasteiger partial charge >= 0.3 is 0 Å². The van der Waals surface area contributed by atoms with E-state index in [1.165, 1.54) is 27.1 Å². The highest BCUT2D eigenvalue weighted by Gasteiger charge is 2.20. The van der Waals surface area contributed by atoms with Gasteiger partial charge in [-0.05, 0) is 47.0 Å². The summed E-state index contributed by atoms with van der Waals surface area (Å²) in [6, 6.07) is 19.2. The Balaban J connectivity index is 2.58. The van der Waals surface area contributed by atoms with Crippen molar-refractivity contribution in [2.24, 2.45) is 5.73 Å². The Morgan fingerprint density at radius 3 is 1.67 bits per heavy atom. The van der Waals surface area contributed by atoms with Gasteiger partial charge in [-0.3, -0.25) is 0 Å². The second-order valence-electron chi connectivity index (χ2n) is 5.42. The molecule has 0 spiro atoms. The van der Waals surface area contributed by atoms with Crippen LogP contribution in [0.3, 0.4) is 0 Å². The van der Waals surface area contributed by atoms with Gasteiger partial charge in [0.05, 0.1) is 0 Å². The molecule has 0 aliphatic heterocycles. The third-order valence-corrected chi connectivity index (χ3v) is 3.42. The number of nitrogens with two attached hydrogens (primary N) is 1. The van der Waals surface area contributed by atoms with Gasteiger partial charge in [0.1, 0.15) is 0 Å². The van der Waals surface area contributed by atoms with E-state index in [0.717, 1.165) is 0 Å². The fourth-order valence-electron chi connectivity index (χ4n) is 2.71. The van der Waals surface area contributed by atoms with Crippen molar-refractivity contribution in [2.75, 3.05) is 0 Å². The van der Waals surface area contributed by atoms with Gasteiger partial charge < -0.3 is 5.73 Å². The molecule has 1 nitrogen and oxygen atoms in total. The highest BCUT2D eigenvalue weighted by molar-refractivity contribution is 6.03. The van der Waals surface area contributed by atoms with Gasteiger partial charge in [0.25, 0.3) is 0 Å². The SMILES string of the molecule is CC(C)(N)c1c2ccccc2cc2ccccc12. The maximum absolute atomic E-state index is 6.39. The highest BCUT2D eigenvalue weighted by atomic mass is 14.7. The molecule has 2 N–H and O–H groups in total. The Hall–Kier alpha value is -1.86. The van der Waals surface area contributed by atoms with Gasteiger partial charge in [-0.25, -0.2) is 0 Å². The minimum Gasteiger partial charge on any atom is -0.322 e. The molecular weight excluding hydrogens is 218 g/mol. The summed E-state index contributed by atoms with van der Waals surface area (Å²) in [6.45, 7) is 4.14. The van der Waals surface area contributed by atoms with Gasteiger partial charge in [-0.1, -0.05) is 48.5 Å². The van der Waals surface area contributed by atoms with Crippen LogP contribution in [0.5, 0.6) is 0 Å². The molecule has 0 heterocycles. The van der Waals surface area contributed by atoms with Gasteiger partial charge in [0.15, 0.2) is 0 Å². The molecule has 0 aliphatic carbocycles. The number of hydrogen-bond acceptors (Lipinski definition) is 1. The smallest absolute Gasteiger partial charge is 0.0364 e. The molecule has 0 aromatic heterocycles. The van der Waals surface area contributed by atoms with Crippen molar-refractivity contribution in [3.63, 3.8) is 0 Å². The molecule has 1 heteroatoms. The number of benzene rings is 3. The summed E-state index contributed by atoms with van der Waals surface area (Å²) in [5, 5.41) is 5.02. The average molecular weight is 235 g/mol. The third-order valence-electron chi connectivity index (χ3n) is 3.42. The molecule has 0 saturated carbocycles. The Labute approximate surface area is 107 Å². The predicted molar refractivity (Wildman–Crippen MR) is 78.7 cm³/mol. The zero-order valence-corrected chi connectivity index (χ0v) is 10.8. The molecule has 3 rings (SSSR count). The van der Waals surface area contributed by atoms with Crippen LogP contribution in [-0.4, -0.2) is 0 Å². The molecular formula is C17H17N. The van der Waals surface area contributed by atoms with Crippen molar-refractivity contribution < 1.29 is 0 Å². The maximum Gasteiger partial charge on any atom is 0.0364 e. The Morgan fingerprint density at radius 1 is 0.778 bits per heavy atom. The molecule has 0 saturated heterocycles. The lowest BCUT2D eigenvalue weighted by molar-refractivity contribution is 0.564. The Kier molecular flexibility index (Phi) is 2.39. The zero-order valence-electron chi connectivity index (χ0n) is 10.8. The van der Waals surface area contributed by atoms with E-state index in [1.807, 2.05) is 0 Å². The average Bonchev–Trinajstić information content (AvgIpc) is 2.34. The van der Waals surface area contributed by atoms with Crippen molar-refractivity contribution in [3.05, 3.63) is 60.2 Å². The molecule has 0 bridgehead atoms. The zero-order chi connectivity index (χ0) is 12.8. The van der Waals surface area contributed by atoms with Crippen LogP contribution in [0.25, 0.3) is 21.5 Å². The molecule has 18 heavy (non-hydrogen) atoms. The van der Waals surface area contributed by atoms with E-state index in [1.54, 1.807) is 0 Å². The highest BCUT2D eigenvalue weighted by Crippen LogP contribution is 2.34. The van der Waals surface area contributed by atoms with E-state index in [-0.39, 0.29) is 5.54 Å². The molecule has 90 valence electrons. The van der Waals surface area contributed by atoms with Crippen LogP contribution in [0.1, 0.15) is 19.4 Å². The summed E-state index contributed by atoms with van der Waals surface area (Å²) < 4.78 is 0. The molecule has 0 radical (unpaired) electrons. The summed E-state index contributed by atoms with van der Waals surface area (Å²) in [7, 11) is 0. The van der Waals surface area contributed by atoms with Crippen molar-refractivity contribution in [3.8, 4) is 0 Å². The van der Waals surface area contributed by atoms with Crippen LogP contribution in [0.4, 0.5) is 0 Å². The Bertz CT molecular complexity index is 666. The van der Waals surface area contributed by atoms with Gasteiger partial charge in [0, 0.05) is 5.54 Å². The summed E-state index contributed by atoms with van der Waals surface area (Å²) in [5.41, 5.74) is 7.27. The molecule has 3 aromatic carbocycles. The molecule has 3 aromatic rings. The monoisotopic (exact) mass is 235 g/mol. The van der Waals surface area contributed by atoms with E-state index in [9.17, 15) is 0 Å². The lowest BCUT2D eigenvalue weighted by Gasteiger charge is -2.24. The first-order valence-electron chi connectivity index (χ1n) is 6.27. The molecule has 0 fully saturated rings. The van der Waals surface area contributed by atoms with Crippen LogP contribution in [0, 0.1) is 0 Å². The molecule has 0 amide bonds. The maximum atomic E-state index is 6.39.